The van der Waals surface area contributed by atoms with Crippen LogP contribution in [0.2, 0.25) is 0 Å². The van der Waals surface area contributed by atoms with Gasteiger partial charge in [0.1, 0.15) is 17.9 Å². The number of methoxy groups -OCH3 is 2. The number of ether oxygens (including phenoxy) is 2. The van der Waals surface area contributed by atoms with E-state index in [9.17, 15) is 28.4 Å². The minimum absolute atomic E-state index is 0.00751. The fourth-order valence-corrected chi connectivity index (χ4v) is 4.51. The molecule has 2 fully saturated rings. The van der Waals surface area contributed by atoms with E-state index < -0.39 is 48.2 Å². The lowest BCUT2D eigenvalue weighted by Crippen LogP contribution is -2.49. The molecule has 3 rings (SSSR count). The van der Waals surface area contributed by atoms with Gasteiger partial charge in [-0.25, -0.2) is 8.78 Å². The first kappa shape index (κ1) is 26.4. The number of hydrogen-bond donors (Lipinski definition) is 0. The van der Waals surface area contributed by atoms with Crippen LogP contribution in [0.3, 0.4) is 0 Å². The van der Waals surface area contributed by atoms with Crippen molar-refractivity contribution in [2.75, 3.05) is 27.3 Å². The SMILES string of the molecule is COc1cc(C(=O)N2CC(F)(F)C[C@H]2C(=O)N2CCC[C@H]2C#N)cc(CC(=O)C(C)(C)C)c1OC. The highest BCUT2D eigenvalue weighted by Gasteiger charge is 2.52. The highest BCUT2D eigenvalue weighted by atomic mass is 19.3. The van der Waals surface area contributed by atoms with E-state index in [1.165, 1.54) is 31.3 Å². The van der Waals surface area contributed by atoms with Crippen LogP contribution in [0.25, 0.3) is 0 Å². The third-order valence-electron chi connectivity index (χ3n) is 6.49. The molecule has 2 aliphatic heterocycles. The Labute approximate surface area is 203 Å². The van der Waals surface area contributed by atoms with Crippen LogP contribution in [-0.4, -0.2) is 72.7 Å². The van der Waals surface area contributed by atoms with E-state index in [0.717, 1.165) is 4.90 Å². The van der Waals surface area contributed by atoms with Gasteiger partial charge >= 0.3 is 0 Å². The van der Waals surface area contributed by atoms with Gasteiger partial charge in [0.05, 0.1) is 26.8 Å². The molecule has 0 N–H and O–H groups in total. The molecule has 0 aromatic heterocycles. The number of amides is 2. The van der Waals surface area contributed by atoms with Crippen molar-refractivity contribution in [3.63, 3.8) is 0 Å². The zero-order valence-electron chi connectivity index (χ0n) is 20.7. The molecule has 0 aliphatic carbocycles. The molecule has 2 atom stereocenters. The summed E-state index contributed by atoms with van der Waals surface area (Å²) in [5.74, 6) is -4.34. The second-order valence-electron chi connectivity index (χ2n) is 10.0. The summed E-state index contributed by atoms with van der Waals surface area (Å²) in [5, 5.41) is 9.32. The third kappa shape index (κ3) is 5.39. The molecule has 0 saturated carbocycles. The van der Waals surface area contributed by atoms with E-state index >= 15 is 0 Å². The number of Topliss-reactive ketones (excluding diaryl/α,β-unsaturated/α-hetero) is 1. The molecular formula is C25H31F2N3O5. The second kappa shape index (κ2) is 9.80. The Bertz CT molecular complexity index is 1060. The Hall–Kier alpha value is -3.22. The Morgan fingerprint density at radius 2 is 1.86 bits per heavy atom. The minimum atomic E-state index is -3.25. The molecule has 0 unspecified atom stereocenters. The summed E-state index contributed by atoms with van der Waals surface area (Å²) in [6.45, 7) is 4.67. The van der Waals surface area contributed by atoms with Crippen LogP contribution in [-0.2, 0) is 16.0 Å². The third-order valence-corrected chi connectivity index (χ3v) is 6.49. The molecule has 1 aromatic carbocycles. The van der Waals surface area contributed by atoms with E-state index in [0.29, 0.717) is 18.4 Å². The first-order chi connectivity index (χ1) is 16.3. The van der Waals surface area contributed by atoms with Crippen molar-refractivity contribution in [3.05, 3.63) is 23.3 Å². The lowest BCUT2D eigenvalue weighted by Gasteiger charge is -2.29. The molecule has 190 valence electrons. The second-order valence-corrected chi connectivity index (χ2v) is 10.0. The van der Waals surface area contributed by atoms with Gasteiger partial charge in [-0.3, -0.25) is 14.4 Å². The Morgan fingerprint density at radius 3 is 2.43 bits per heavy atom. The van der Waals surface area contributed by atoms with E-state index in [-0.39, 0.29) is 35.8 Å². The van der Waals surface area contributed by atoms with Crippen molar-refractivity contribution >= 4 is 17.6 Å². The number of halogens is 2. The highest BCUT2D eigenvalue weighted by Crippen LogP contribution is 2.38. The van der Waals surface area contributed by atoms with Crippen molar-refractivity contribution < 1.29 is 32.6 Å². The molecule has 1 aromatic rings. The van der Waals surface area contributed by atoms with Gasteiger partial charge in [-0.1, -0.05) is 20.8 Å². The Morgan fingerprint density at radius 1 is 1.17 bits per heavy atom. The average molecular weight is 492 g/mol. The Balaban J connectivity index is 1.99. The predicted octanol–water partition coefficient (Wildman–Crippen LogP) is 3.23. The summed E-state index contributed by atoms with van der Waals surface area (Å²) in [5.41, 5.74) is -0.263. The number of benzene rings is 1. The van der Waals surface area contributed by atoms with Crippen molar-refractivity contribution in [3.8, 4) is 17.6 Å². The van der Waals surface area contributed by atoms with Crippen molar-refractivity contribution in [2.45, 2.75) is 64.5 Å². The van der Waals surface area contributed by atoms with Gasteiger partial charge in [0.15, 0.2) is 11.5 Å². The zero-order chi connectivity index (χ0) is 26.1. The largest absolute Gasteiger partial charge is 0.493 e. The summed E-state index contributed by atoms with van der Waals surface area (Å²) in [6, 6.07) is 2.74. The number of ketones is 1. The van der Waals surface area contributed by atoms with E-state index in [1.807, 2.05) is 6.07 Å². The predicted molar refractivity (Wildman–Crippen MR) is 122 cm³/mol. The quantitative estimate of drug-likeness (QED) is 0.606. The first-order valence-corrected chi connectivity index (χ1v) is 11.5. The first-order valence-electron chi connectivity index (χ1n) is 11.5. The standard InChI is InChI=1S/C25H31F2N3O5/c1-24(2,3)20(31)11-15-9-16(10-19(34-4)21(15)35-5)22(32)30-14-25(26,27)12-18(30)23(33)29-8-6-7-17(29)13-28/h9-10,17-18H,6-8,11-12,14H2,1-5H3/t17-,18-/m0/s1. The number of alkyl halides is 2. The van der Waals surface area contributed by atoms with Crippen LogP contribution in [0, 0.1) is 16.7 Å². The number of hydrogen-bond acceptors (Lipinski definition) is 6. The maximum absolute atomic E-state index is 14.5. The van der Waals surface area contributed by atoms with Crippen LogP contribution in [0.1, 0.15) is 56.0 Å². The monoisotopic (exact) mass is 491 g/mol. The summed E-state index contributed by atoms with van der Waals surface area (Å²) in [4.78, 5) is 41.5. The lowest BCUT2D eigenvalue weighted by atomic mass is 9.86. The maximum Gasteiger partial charge on any atom is 0.267 e. The fourth-order valence-electron chi connectivity index (χ4n) is 4.51. The summed E-state index contributed by atoms with van der Waals surface area (Å²) in [6.07, 6.45) is 0.206. The maximum atomic E-state index is 14.5. The molecule has 35 heavy (non-hydrogen) atoms. The van der Waals surface area contributed by atoms with Crippen LogP contribution in [0.5, 0.6) is 11.5 Å². The van der Waals surface area contributed by atoms with Gasteiger partial charge in [0, 0.05) is 35.9 Å². The molecule has 2 saturated heterocycles. The lowest BCUT2D eigenvalue weighted by molar-refractivity contribution is -0.135. The topological polar surface area (TPSA) is 99.9 Å². The molecule has 2 aliphatic rings. The molecule has 8 nitrogen and oxygen atoms in total. The summed E-state index contributed by atoms with van der Waals surface area (Å²) >= 11 is 0. The molecule has 2 heterocycles. The van der Waals surface area contributed by atoms with Gasteiger partial charge in [-0.05, 0) is 25.0 Å². The molecule has 10 heteroatoms. The van der Waals surface area contributed by atoms with Gasteiger partial charge in [0.2, 0.25) is 5.91 Å². The normalized spacial score (nSPS) is 21.5. The van der Waals surface area contributed by atoms with Gasteiger partial charge in [0.25, 0.3) is 11.8 Å². The van der Waals surface area contributed by atoms with Gasteiger partial charge in [-0.15, -0.1) is 0 Å². The molecule has 0 bridgehead atoms. The van der Waals surface area contributed by atoms with Crippen molar-refractivity contribution in [1.82, 2.24) is 9.80 Å². The molecule has 0 spiro atoms. The summed E-state index contributed by atoms with van der Waals surface area (Å²) in [7, 11) is 2.77. The molecular weight excluding hydrogens is 460 g/mol. The Kier molecular flexibility index (Phi) is 7.39. The average Bonchev–Trinajstić information content (AvgIpc) is 3.40. The summed E-state index contributed by atoms with van der Waals surface area (Å²) < 4.78 is 39.7. The fraction of sp³-hybridized carbons (Fsp3) is 0.600. The van der Waals surface area contributed by atoms with Gasteiger partial charge < -0.3 is 19.3 Å². The molecule has 2 amide bonds. The zero-order valence-corrected chi connectivity index (χ0v) is 20.7. The smallest absolute Gasteiger partial charge is 0.267 e. The van der Waals surface area contributed by atoms with E-state index in [4.69, 9.17) is 9.47 Å². The number of carbonyl (C=O) groups excluding carboxylic acids is 3. The highest BCUT2D eigenvalue weighted by molar-refractivity contribution is 5.99. The van der Waals surface area contributed by atoms with Crippen LogP contribution in [0.15, 0.2) is 12.1 Å². The van der Waals surface area contributed by atoms with Crippen LogP contribution >= 0.6 is 0 Å². The number of nitriles is 1. The number of rotatable bonds is 6. The van der Waals surface area contributed by atoms with Crippen molar-refractivity contribution in [1.29, 1.82) is 5.26 Å². The van der Waals surface area contributed by atoms with Crippen LogP contribution < -0.4 is 9.47 Å². The van der Waals surface area contributed by atoms with Crippen molar-refractivity contribution in [2.24, 2.45) is 5.41 Å². The number of nitrogens with zero attached hydrogens (tertiary/aromatic N) is 3. The van der Waals surface area contributed by atoms with E-state index in [2.05, 4.69) is 0 Å². The van der Waals surface area contributed by atoms with Crippen LogP contribution in [0.4, 0.5) is 8.78 Å². The van der Waals surface area contributed by atoms with Gasteiger partial charge in [-0.2, -0.15) is 5.26 Å². The van der Waals surface area contributed by atoms with E-state index in [1.54, 1.807) is 20.8 Å². The number of likely N-dealkylation sites (tertiary alicyclic amines) is 2. The number of carbonyl (C=O) groups is 3. The minimum Gasteiger partial charge on any atom is -0.493 e. The molecule has 0 radical (unpaired) electrons.